The number of sulfonamides is 1. The molecule has 1 heterocycles. The zero-order valence-electron chi connectivity index (χ0n) is 12.1. The van der Waals surface area contributed by atoms with Crippen molar-refractivity contribution >= 4 is 10.0 Å². The molecule has 1 fully saturated rings. The lowest BCUT2D eigenvalue weighted by molar-refractivity contribution is 0.350. The van der Waals surface area contributed by atoms with Gasteiger partial charge in [0.2, 0.25) is 10.0 Å². The van der Waals surface area contributed by atoms with E-state index >= 15 is 0 Å². The first kappa shape index (κ1) is 16.0. The SMILES string of the molecule is O=S(=O)(c1ccccc1C#CCO)N1CCCCCCC1. The fourth-order valence-corrected chi connectivity index (χ4v) is 4.19. The lowest BCUT2D eigenvalue weighted by atomic mass is 10.1. The molecular weight excluding hydrogens is 286 g/mol. The van der Waals surface area contributed by atoms with Crippen molar-refractivity contribution < 1.29 is 13.5 Å². The number of hydrogen-bond donors (Lipinski definition) is 1. The Hall–Kier alpha value is -1.35. The number of benzene rings is 1. The molecule has 2 rings (SSSR count). The molecular formula is C16H21NO3S. The molecule has 1 N–H and O–H groups in total. The molecule has 4 nitrogen and oxygen atoms in total. The van der Waals surface area contributed by atoms with Crippen LogP contribution in [0.4, 0.5) is 0 Å². The van der Waals surface area contributed by atoms with E-state index in [1.807, 2.05) is 0 Å². The molecule has 1 aliphatic rings. The average Bonchev–Trinajstić information content (AvgIpc) is 2.44. The van der Waals surface area contributed by atoms with Crippen LogP contribution in [0.3, 0.4) is 0 Å². The second-order valence-electron chi connectivity index (χ2n) is 5.13. The molecule has 0 spiro atoms. The Balaban J connectivity index is 2.34. The molecule has 0 aromatic heterocycles. The molecule has 0 unspecified atom stereocenters. The molecule has 5 heteroatoms. The fraction of sp³-hybridized carbons (Fsp3) is 0.500. The maximum Gasteiger partial charge on any atom is 0.244 e. The average molecular weight is 307 g/mol. The predicted octanol–water partition coefficient (Wildman–Crippen LogP) is 1.99. The third-order valence-electron chi connectivity index (χ3n) is 3.62. The van der Waals surface area contributed by atoms with E-state index in [2.05, 4.69) is 11.8 Å². The van der Waals surface area contributed by atoms with Gasteiger partial charge >= 0.3 is 0 Å². The van der Waals surface area contributed by atoms with Crippen molar-refractivity contribution in [1.82, 2.24) is 4.31 Å². The molecule has 0 aliphatic carbocycles. The van der Waals surface area contributed by atoms with E-state index in [0.29, 0.717) is 18.7 Å². The van der Waals surface area contributed by atoms with Crippen LogP contribution in [0.15, 0.2) is 29.2 Å². The highest BCUT2D eigenvalue weighted by Gasteiger charge is 2.26. The van der Waals surface area contributed by atoms with Gasteiger partial charge in [-0.25, -0.2) is 8.42 Å². The van der Waals surface area contributed by atoms with E-state index in [0.717, 1.165) is 25.7 Å². The summed E-state index contributed by atoms with van der Waals surface area (Å²) in [6.07, 6.45) is 5.16. The molecule has 0 radical (unpaired) electrons. The molecule has 21 heavy (non-hydrogen) atoms. The molecule has 0 amide bonds. The molecule has 114 valence electrons. The highest BCUT2D eigenvalue weighted by Crippen LogP contribution is 2.22. The minimum Gasteiger partial charge on any atom is -0.384 e. The minimum atomic E-state index is -3.51. The smallest absolute Gasteiger partial charge is 0.244 e. The van der Waals surface area contributed by atoms with Crippen LogP contribution in [0, 0.1) is 11.8 Å². The lowest BCUT2D eigenvalue weighted by Gasteiger charge is -2.24. The second-order valence-corrected chi connectivity index (χ2v) is 7.03. The maximum absolute atomic E-state index is 12.8. The Labute approximate surface area is 126 Å². The number of rotatable bonds is 2. The number of aliphatic hydroxyl groups is 1. The predicted molar refractivity (Wildman–Crippen MR) is 82.2 cm³/mol. The van der Waals surface area contributed by atoms with Gasteiger partial charge in [-0.15, -0.1) is 0 Å². The van der Waals surface area contributed by atoms with Crippen molar-refractivity contribution in [3.05, 3.63) is 29.8 Å². The van der Waals surface area contributed by atoms with Crippen LogP contribution in [0.2, 0.25) is 0 Å². The van der Waals surface area contributed by atoms with Crippen molar-refractivity contribution in [2.45, 2.75) is 37.0 Å². The number of hydrogen-bond acceptors (Lipinski definition) is 3. The fourth-order valence-electron chi connectivity index (χ4n) is 2.53. The summed E-state index contributed by atoms with van der Waals surface area (Å²) in [6, 6.07) is 6.74. The first-order valence-electron chi connectivity index (χ1n) is 7.35. The van der Waals surface area contributed by atoms with Crippen LogP contribution in [0.1, 0.15) is 37.7 Å². The molecule has 0 saturated carbocycles. The topological polar surface area (TPSA) is 57.6 Å². The van der Waals surface area contributed by atoms with E-state index in [1.54, 1.807) is 28.6 Å². The highest BCUT2D eigenvalue weighted by molar-refractivity contribution is 7.89. The first-order valence-corrected chi connectivity index (χ1v) is 8.79. The lowest BCUT2D eigenvalue weighted by Crippen LogP contribution is -2.34. The van der Waals surface area contributed by atoms with Gasteiger partial charge in [0, 0.05) is 18.7 Å². The molecule has 1 aliphatic heterocycles. The summed E-state index contributed by atoms with van der Waals surface area (Å²) in [5.74, 6) is 5.26. The van der Waals surface area contributed by atoms with Crippen LogP contribution in [0.25, 0.3) is 0 Å². The zero-order valence-corrected chi connectivity index (χ0v) is 12.9. The summed E-state index contributed by atoms with van der Waals surface area (Å²) >= 11 is 0. The Morgan fingerprint density at radius 3 is 2.33 bits per heavy atom. The third kappa shape index (κ3) is 4.07. The van der Waals surface area contributed by atoms with Crippen LogP contribution < -0.4 is 0 Å². The van der Waals surface area contributed by atoms with E-state index in [-0.39, 0.29) is 11.5 Å². The summed E-state index contributed by atoms with van der Waals surface area (Å²) in [5, 5.41) is 8.80. The van der Waals surface area contributed by atoms with E-state index in [4.69, 9.17) is 5.11 Å². The van der Waals surface area contributed by atoms with E-state index < -0.39 is 10.0 Å². The van der Waals surface area contributed by atoms with Gasteiger partial charge in [-0.2, -0.15) is 4.31 Å². The van der Waals surface area contributed by atoms with Crippen molar-refractivity contribution in [3.8, 4) is 11.8 Å². The van der Waals surface area contributed by atoms with Crippen molar-refractivity contribution in [2.75, 3.05) is 19.7 Å². The summed E-state index contributed by atoms with van der Waals surface area (Å²) < 4.78 is 27.2. The monoisotopic (exact) mass is 307 g/mol. The Morgan fingerprint density at radius 1 is 1.05 bits per heavy atom. The van der Waals surface area contributed by atoms with Gasteiger partial charge in [0.25, 0.3) is 0 Å². The normalized spacial score (nSPS) is 17.4. The Kier molecular flexibility index (Phi) is 5.80. The summed E-state index contributed by atoms with van der Waals surface area (Å²) in [4.78, 5) is 0.242. The maximum atomic E-state index is 12.8. The van der Waals surface area contributed by atoms with Gasteiger partial charge in [-0.3, -0.25) is 0 Å². The van der Waals surface area contributed by atoms with E-state index in [1.165, 1.54) is 6.42 Å². The largest absolute Gasteiger partial charge is 0.384 e. The Bertz CT molecular complexity index is 620. The van der Waals surface area contributed by atoms with Gasteiger partial charge in [-0.1, -0.05) is 43.2 Å². The number of nitrogens with zero attached hydrogens (tertiary/aromatic N) is 1. The summed E-state index contributed by atoms with van der Waals surface area (Å²) in [6.45, 7) is 0.867. The molecule has 0 bridgehead atoms. The van der Waals surface area contributed by atoms with Gasteiger partial charge < -0.3 is 5.11 Å². The summed E-state index contributed by atoms with van der Waals surface area (Å²) in [5.41, 5.74) is 0.452. The van der Waals surface area contributed by atoms with Crippen LogP contribution in [-0.4, -0.2) is 37.5 Å². The molecule has 1 aromatic carbocycles. The second kappa shape index (κ2) is 7.60. The van der Waals surface area contributed by atoms with Gasteiger partial charge in [0.05, 0.1) is 4.90 Å². The zero-order chi connectivity index (χ0) is 15.1. The standard InChI is InChI=1S/C16H21NO3S/c18-14-8-10-15-9-4-5-11-16(15)21(19,20)17-12-6-2-1-3-7-13-17/h4-5,9,11,18H,1-3,6-7,12-14H2. The molecule has 1 aromatic rings. The van der Waals surface area contributed by atoms with Crippen LogP contribution in [-0.2, 0) is 10.0 Å². The third-order valence-corrected chi connectivity index (χ3v) is 5.58. The van der Waals surface area contributed by atoms with Gasteiger partial charge in [-0.05, 0) is 25.0 Å². The van der Waals surface area contributed by atoms with Crippen molar-refractivity contribution in [1.29, 1.82) is 0 Å². The van der Waals surface area contributed by atoms with Gasteiger partial charge in [0.1, 0.15) is 6.61 Å². The minimum absolute atomic E-state index is 0.242. The molecule has 0 atom stereocenters. The van der Waals surface area contributed by atoms with Crippen molar-refractivity contribution in [2.24, 2.45) is 0 Å². The first-order chi connectivity index (χ1) is 10.2. The van der Waals surface area contributed by atoms with Crippen LogP contribution in [0.5, 0.6) is 0 Å². The van der Waals surface area contributed by atoms with Crippen molar-refractivity contribution in [3.63, 3.8) is 0 Å². The highest BCUT2D eigenvalue weighted by atomic mass is 32.2. The number of aliphatic hydroxyl groups excluding tert-OH is 1. The summed E-state index contributed by atoms with van der Waals surface area (Å²) in [7, 11) is -3.51. The Morgan fingerprint density at radius 2 is 1.67 bits per heavy atom. The van der Waals surface area contributed by atoms with Gasteiger partial charge in [0.15, 0.2) is 0 Å². The quantitative estimate of drug-likeness (QED) is 0.850. The molecule has 1 saturated heterocycles. The van der Waals surface area contributed by atoms with Crippen LogP contribution >= 0.6 is 0 Å². The van der Waals surface area contributed by atoms with E-state index in [9.17, 15) is 8.42 Å².